The van der Waals surface area contributed by atoms with Crippen LogP contribution in [0.25, 0.3) is 0 Å². The molecule has 0 atom stereocenters. The van der Waals surface area contributed by atoms with Crippen molar-refractivity contribution in [2.45, 2.75) is 34.6 Å². The van der Waals surface area contributed by atoms with Gasteiger partial charge >= 0.3 is 0 Å². The van der Waals surface area contributed by atoms with Crippen molar-refractivity contribution in [3.63, 3.8) is 0 Å². The van der Waals surface area contributed by atoms with Crippen molar-refractivity contribution >= 4 is 21.8 Å². The van der Waals surface area contributed by atoms with E-state index in [0.717, 1.165) is 5.33 Å². The van der Waals surface area contributed by atoms with E-state index >= 15 is 0 Å². The molecular weight excluding hydrogens is 230 g/mol. The molecule has 0 bridgehead atoms. The molecule has 0 aromatic rings. The van der Waals surface area contributed by atoms with Crippen molar-refractivity contribution in [1.82, 2.24) is 5.32 Å². The minimum Gasteiger partial charge on any atom is -0.355 e. The summed E-state index contributed by atoms with van der Waals surface area (Å²) < 4.78 is 0. The molecule has 0 aliphatic carbocycles. The topological polar surface area (TPSA) is 29.1 Å². The van der Waals surface area contributed by atoms with Gasteiger partial charge in [-0.2, -0.15) is 0 Å². The number of hydrogen-bond donors (Lipinski definition) is 1. The summed E-state index contributed by atoms with van der Waals surface area (Å²) in [6.45, 7) is 10.7. The van der Waals surface area contributed by atoms with Gasteiger partial charge < -0.3 is 5.32 Å². The molecule has 1 amide bonds. The Kier molecular flexibility index (Phi) is 4.43. The highest BCUT2D eigenvalue weighted by molar-refractivity contribution is 9.09. The molecule has 1 N–H and O–H groups in total. The first-order valence-electron chi connectivity index (χ1n) is 4.53. The summed E-state index contributed by atoms with van der Waals surface area (Å²) in [5.74, 6) is 0.113. The highest BCUT2D eigenvalue weighted by Crippen LogP contribution is 2.18. The third kappa shape index (κ3) is 5.29. The average Bonchev–Trinajstić information content (AvgIpc) is 1.98. The molecule has 3 heteroatoms. The van der Waals surface area contributed by atoms with E-state index in [-0.39, 0.29) is 16.7 Å². The standard InChI is InChI=1S/C10H20BrNO/c1-9(2,3)8(13)12-7-10(4,5)6-11/h6-7H2,1-5H3,(H,12,13). The summed E-state index contributed by atoms with van der Waals surface area (Å²) in [5.41, 5.74) is -0.163. The lowest BCUT2D eigenvalue weighted by Gasteiger charge is -2.25. The highest BCUT2D eigenvalue weighted by atomic mass is 79.9. The van der Waals surface area contributed by atoms with Gasteiger partial charge in [-0.15, -0.1) is 0 Å². The fourth-order valence-corrected chi connectivity index (χ4v) is 0.830. The van der Waals surface area contributed by atoms with E-state index in [4.69, 9.17) is 0 Å². The largest absolute Gasteiger partial charge is 0.355 e. The number of carbonyl (C=O) groups excluding carboxylic acids is 1. The lowest BCUT2D eigenvalue weighted by atomic mass is 9.93. The van der Waals surface area contributed by atoms with Crippen molar-refractivity contribution < 1.29 is 4.79 Å². The molecular formula is C10H20BrNO. The highest BCUT2D eigenvalue weighted by Gasteiger charge is 2.23. The normalized spacial score (nSPS) is 12.8. The molecule has 0 aromatic heterocycles. The number of hydrogen-bond acceptors (Lipinski definition) is 1. The molecule has 0 heterocycles. The fourth-order valence-electron chi connectivity index (χ4n) is 0.632. The summed E-state index contributed by atoms with van der Waals surface area (Å²) in [4.78, 5) is 11.5. The molecule has 0 spiro atoms. The van der Waals surface area contributed by atoms with Gasteiger partial charge in [0.1, 0.15) is 0 Å². The van der Waals surface area contributed by atoms with E-state index in [0.29, 0.717) is 6.54 Å². The predicted octanol–water partition coefficient (Wildman–Crippen LogP) is 2.57. The monoisotopic (exact) mass is 249 g/mol. The first kappa shape index (κ1) is 12.9. The van der Waals surface area contributed by atoms with Crippen LogP contribution in [0.1, 0.15) is 34.6 Å². The van der Waals surface area contributed by atoms with E-state index in [9.17, 15) is 4.79 Å². The van der Waals surface area contributed by atoms with Crippen molar-refractivity contribution in [2.75, 3.05) is 11.9 Å². The maximum atomic E-state index is 11.5. The lowest BCUT2D eigenvalue weighted by molar-refractivity contribution is -0.128. The second-order valence-corrected chi connectivity index (χ2v) is 5.79. The van der Waals surface area contributed by atoms with Crippen molar-refractivity contribution in [3.05, 3.63) is 0 Å². The Morgan fingerprint density at radius 2 is 1.69 bits per heavy atom. The molecule has 0 aliphatic rings. The Balaban J connectivity index is 3.98. The Labute approximate surface area is 89.6 Å². The number of halogens is 1. The van der Waals surface area contributed by atoms with Gasteiger partial charge in [-0.05, 0) is 5.41 Å². The van der Waals surface area contributed by atoms with Crippen molar-refractivity contribution in [3.8, 4) is 0 Å². The van der Waals surface area contributed by atoms with Gasteiger partial charge in [-0.25, -0.2) is 0 Å². The van der Waals surface area contributed by atoms with Gasteiger partial charge in [0.05, 0.1) is 0 Å². The van der Waals surface area contributed by atoms with E-state index in [2.05, 4.69) is 35.1 Å². The molecule has 0 aromatic carbocycles. The second-order valence-electron chi connectivity index (χ2n) is 5.23. The van der Waals surface area contributed by atoms with Gasteiger partial charge in [-0.3, -0.25) is 4.79 Å². The van der Waals surface area contributed by atoms with E-state index in [1.54, 1.807) is 0 Å². The summed E-state index contributed by atoms with van der Waals surface area (Å²) in [5, 5.41) is 3.84. The lowest BCUT2D eigenvalue weighted by Crippen LogP contribution is -2.40. The molecule has 0 aliphatic heterocycles. The van der Waals surface area contributed by atoms with Crippen LogP contribution < -0.4 is 5.32 Å². The molecule has 0 saturated heterocycles. The van der Waals surface area contributed by atoms with Crippen LogP contribution in [0.5, 0.6) is 0 Å². The minimum absolute atomic E-state index is 0.113. The molecule has 13 heavy (non-hydrogen) atoms. The first-order valence-corrected chi connectivity index (χ1v) is 5.65. The molecule has 0 saturated carbocycles. The van der Waals surface area contributed by atoms with Crippen LogP contribution in [0, 0.1) is 10.8 Å². The van der Waals surface area contributed by atoms with Crippen LogP contribution in [-0.2, 0) is 4.79 Å². The van der Waals surface area contributed by atoms with Crippen molar-refractivity contribution in [2.24, 2.45) is 10.8 Å². The van der Waals surface area contributed by atoms with Crippen molar-refractivity contribution in [1.29, 1.82) is 0 Å². The number of rotatable bonds is 3. The summed E-state index contributed by atoms with van der Waals surface area (Å²) in [6.07, 6.45) is 0. The van der Waals surface area contributed by atoms with Gasteiger partial charge in [0, 0.05) is 17.3 Å². The van der Waals surface area contributed by atoms with Crippen LogP contribution in [0.4, 0.5) is 0 Å². The van der Waals surface area contributed by atoms with Gasteiger partial charge in [0.15, 0.2) is 0 Å². The SMILES string of the molecule is CC(C)(CBr)CNC(=O)C(C)(C)C. The zero-order valence-electron chi connectivity index (χ0n) is 9.20. The van der Waals surface area contributed by atoms with Gasteiger partial charge in [0.25, 0.3) is 0 Å². The first-order chi connectivity index (χ1) is 5.69. The molecule has 0 radical (unpaired) electrons. The predicted molar refractivity (Wildman–Crippen MR) is 60.0 cm³/mol. The number of alkyl halides is 1. The maximum absolute atomic E-state index is 11.5. The average molecular weight is 250 g/mol. The molecule has 0 rings (SSSR count). The number of nitrogens with one attached hydrogen (secondary N) is 1. The smallest absolute Gasteiger partial charge is 0.225 e. The van der Waals surface area contributed by atoms with Crippen LogP contribution >= 0.6 is 15.9 Å². The second kappa shape index (κ2) is 4.45. The Morgan fingerprint density at radius 1 is 1.23 bits per heavy atom. The van der Waals surface area contributed by atoms with Crippen LogP contribution in [0.2, 0.25) is 0 Å². The van der Waals surface area contributed by atoms with Gasteiger partial charge in [-0.1, -0.05) is 50.5 Å². The Hall–Kier alpha value is -0.0500. The van der Waals surface area contributed by atoms with E-state index in [1.807, 2.05) is 20.8 Å². The van der Waals surface area contributed by atoms with Crippen LogP contribution in [-0.4, -0.2) is 17.8 Å². The molecule has 0 fully saturated rings. The molecule has 2 nitrogen and oxygen atoms in total. The van der Waals surface area contributed by atoms with E-state index in [1.165, 1.54) is 0 Å². The summed E-state index contributed by atoms with van der Waals surface area (Å²) in [7, 11) is 0. The summed E-state index contributed by atoms with van der Waals surface area (Å²) in [6, 6.07) is 0. The zero-order valence-corrected chi connectivity index (χ0v) is 10.8. The Bertz CT molecular complexity index is 182. The molecule has 0 unspecified atom stereocenters. The third-order valence-corrected chi connectivity index (χ3v) is 3.29. The van der Waals surface area contributed by atoms with Crippen LogP contribution in [0.15, 0.2) is 0 Å². The van der Waals surface area contributed by atoms with E-state index < -0.39 is 0 Å². The third-order valence-electron chi connectivity index (χ3n) is 1.77. The van der Waals surface area contributed by atoms with Gasteiger partial charge in [0.2, 0.25) is 5.91 Å². The maximum Gasteiger partial charge on any atom is 0.225 e. The number of carbonyl (C=O) groups is 1. The Morgan fingerprint density at radius 3 is 2.00 bits per heavy atom. The fraction of sp³-hybridized carbons (Fsp3) is 0.900. The quantitative estimate of drug-likeness (QED) is 0.766. The molecule has 78 valence electrons. The van der Waals surface area contributed by atoms with Crippen LogP contribution in [0.3, 0.4) is 0 Å². The number of amides is 1. The summed E-state index contributed by atoms with van der Waals surface area (Å²) >= 11 is 3.42. The minimum atomic E-state index is -0.289. The zero-order chi connectivity index (χ0) is 10.7.